The third-order valence-electron chi connectivity index (χ3n) is 4.76. The third kappa shape index (κ3) is 3.47. The summed E-state index contributed by atoms with van der Waals surface area (Å²) in [5, 5.41) is 14.4. The van der Waals surface area contributed by atoms with E-state index < -0.39 is 12.0 Å². The molecule has 3 N–H and O–H groups in total. The van der Waals surface area contributed by atoms with Crippen LogP contribution in [-0.2, 0) is 9.59 Å². The van der Waals surface area contributed by atoms with E-state index in [4.69, 9.17) is 5.11 Å². The first-order valence-electron chi connectivity index (χ1n) is 7.23. The predicted octanol–water partition coefficient (Wildman–Crippen LogP) is 0.990. The van der Waals surface area contributed by atoms with Crippen molar-refractivity contribution < 1.29 is 14.7 Å². The molecule has 5 heteroatoms. The molecule has 0 aromatic carbocycles. The predicted molar refractivity (Wildman–Crippen MR) is 71.6 cm³/mol. The van der Waals surface area contributed by atoms with Crippen molar-refractivity contribution in [2.75, 3.05) is 6.54 Å². The molecule has 0 heterocycles. The van der Waals surface area contributed by atoms with E-state index in [1.54, 1.807) is 0 Å². The minimum Gasteiger partial charge on any atom is -0.480 e. The molecule has 0 aliphatic heterocycles. The maximum Gasteiger partial charge on any atom is 0.320 e. The molecule has 1 amide bonds. The van der Waals surface area contributed by atoms with Crippen LogP contribution in [0.25, 0.3) is 0 Å². The first kappa shape index (κ1) is 14.3. The van der Waals surface area contributed by atoms with Crippen LogP contribution in [0.15, 0.2) is 0 Å². The Bertz CT molecular complexity index is 359. The Morgan fingerprint density at radius 2 is 2.00 bits per heavy atom. The molecule has 0 radical (unpaired) electrons. The molecule has 19 heavy (non-hydrogen) atoms. The second-order valence-corrected chi connectivity index (χ2v) is 6.14. The molecule has 2 fully saturated rings. The number of carboxylic acids is 1. The molecule has 2 saturated carbocycles. The van der Waals surface area contributed by atoms with Crippen molar-refractivity contribution in [1.82, 2.24) is 10.6 Å². The number of hydrogen-bond donors (Lipinski definition) is 3. The van der Waals surface area contributed by atoms with Crippen molar-refractivity contribution in [2.45, 2.75) is 51.6 Å². The number of carboxylic acid groups (broad SMARTS) is 1. The van der Waals surface area contributed by atoms with Gasteiger partial charge in [0.1, 0.15) is 6.04 Å². The highest BCUT2D eigenvalue weighted by atomic mass is 16.4. The number of carbonyl (C=O) groups is 2. The zero-order valence-electron chi connectivity index (χ0n) is 11.7. The van der Waals surface area contributed by atoms with E-state index in [-0.39, 0.29) is 18.5 Å². The number of rotatable bonds is 6. The highest BCUT2D eigenvalue weighted by molar-refractivity contribution is 5.80. The van der Waals surface area contributed by atoms with Crippen LogP contribution in [0.4, 0.5) is 0 Å². The smallest absolute Gasteiger partial charge is 0.320 e. The first-order chi connectivity index (χ1) is 8.97. The molecule has 108 valence electrons. The van der Waals surface area contributed by atoms with Crippen LogP contribution in [0, 0.1) is 17.8 Å². The van der Waals surface area contributed by atoms with Crippen LogP contribution in [-0.4, -0.2) is 35.6 Å². The van der Waals surface area contributed by atoms with Crippen molar-refractivity contribution in [2.24, 2.45) is 17.8 Å². The Kier molecular flexibility index (Phi) is 4.45. The molecule has 0 spiro atoms. The standard InChI is InChI=1S/C14H24N2O3/c1-8(12-6-10-3-4-11(12)5-10)16-13(17)7-15-9(2)14(18)19/h8-12,15H,3-7H2,1-2H3,(H,16,17)(H,18,19). The average Bonchev–Trinajstić information content (AvgIpc) is 2.97. The molecule has 2 bridgehead atoms. The van der Waals surface area contributed by atoms with Gasteiger partial charge in [-0.15, -0.1) is 0 Å². The second kappa shape index (κ2) is 5.90. The molecule has 5 atom stereocenters. The summed E-state index contributed by atoms with van der Waals surface area (Å²) in [4.78, 5) is 22.4. The van der Waals surface area contributed by atoms with Crippen molar-refractivity contribution >= 4 is 11.9 Å². The Hall–Kier alpha value is -1.10. The number of nitrogens with one attached hydrogen (secondary N) is 2. The zero-order chi connectivity index (χ0) is 14.0. The van der Waals surface area contributed by atoms with E-state index in [1.807, 2.05) is 0 Å². The van der Waals surface area contributed by atoms with Crippen molar-refractivity contribution in [3.05, 3.63) is 0 Å². The third-order valence-corrected chi connectivity index (χ3v) is 4.76. The van der Waals surface area contributed by atoms with Gasteiger partial charge in [-0.05, 0) is 50.9 Å². The number of amides is 1. The maximum absolute atomic E-state index is 11.8. The Labute approximate surface area is 114 Å². The molecular weight excluding hydrogens is 244 g/mol. The lowest BCUT2D eigenvalue weighted by Crippen LogP contribution is -2.46. The fourth-order valence-corrected chi connectivity index (χ4v) is 3.65. The molecular formula is C14H24N2O3. The van der Waals surface area contributed by atoms with E-state index in [0.717, 1.165) is 11.8 Å². The van der Waals surface area contributed by atoms with E-state index in [2.05, 4.69) is 17.6 Å². The summed E-state index contributed by atoms with van der Waals surface area (Å²) in [6, 6.07) is -0.492. The van der Waals surface area contributed by atoms with Crippen LogP contribution in [0.3, 0.4) is 0 Å². The van der Waals surface area contributed by atoms with E-state index in [9.17, 15) is 9.59 Å². The van der Waals surface area contributed by atoms with Gasteiger partial charge in [-0.25, -0.2) is 0 Å². The number of fused-ring (bicyclic) bond motifs is 2. The quantitative estimate of drug-likeness (QED) is 0.671. The fourth-order valence-electron chi connectivity index (χ4n) is 3.65. The molecule has 2 aliphatic rings. The van der Waals surface area contributed by atoms with E-state index in [1.165, 1.54) is 32.6 Å². The van der Waals surface area contributed by atoms with Gasteiger partial charge in [-0.1, -0.05) is 6.42 Å². The van der Waals surface area contributed by atoms with E-state index in [0.29, 0.717) is 5.92 Å². The maximum atomic E-state index is 11.8. The average molecular weight is 268 g/mol. The Morgan fingerprint density at radius 1 is 1.26 bits per heavy atom. The van der Waals surface area contributed by atoms with Gasteiger partial charge in [0.2, 0.25) is 5.91 Å². The number of carbonyl (C=O) groups excluding carboxylic acids is 1. The first-order valence-corrected chi connectivity index (χ1v) is 7.23. The van der Waals surface area contributed by atoms with Crippen molar-refractivity contribution in [3.63, 3.8) is 0 Å². The van der Waals surface area contributed by atoms with Gasteiger partial charge >= 0.3 is 5.97 Å². The summed E-state index contributed by atoms with van der Waals surface area (Å²) in [6.07, 6.45) is 5.24. The van der Waals surface area contributed by atoms with Gasteiger partial charge in [0, 0.05) is 6.04 Å². The van der Waals surface area contributed by atoms with Crippen LogP contribution >= 0.6 is 0 Å². The molecule has 2 rings (SSSR count). The molecule has 2 aliphatic carbocycles. The zero-order valence-corrected chi connectivity index (χ0v) is 11.7. The molecule has 0 aromatic heterocycles. The molecule has 0 saturated heterocycles. The van der Waals surface area contributed by atoms with Crippen LogP contribution in [0.1, 0.15) is 39.5 Å². The summed E-state index contributed by atoms with van der Waals surface area (Å²) in [6.45, 7) is 3.68. The SMILES string of the molecule is CC(NCC(=O)NC(C)C1CC2CCC1C2)C(=O)O. The van der Waals surface area contributed by atoms with Crippen LogP contribution in [0.5, 0.6) is 0 Å². The van der Waals surface area contributed by atoms with Gasteiger partial charge in [0.15, 0.2) is 0 Å². The highest BCUT2D eigenvalue weighted by Gasteiger charge is 2.42. The Morgan fingerprint density at radius 3 is 2.53 bits per heavy atom. The van der Waals surface area contributed by atoms with Crippen LogP contribution in [0.2, 0.25) is 0 Å². The van der Waals surface area contributed by atoms with Gasteiger partial charge in [0.25, 0.3) is 0 Å². The fraction of sp³-hybridized carbons (Fsp3) is 0.857. The van der Waals surface area contributed by atoms with Crippen LogP contribution < -0.4 is 10.6 Å². The second-order valence-electron chi connectivity index (χ2n) is 6.14. The summed E-state index contributed by atoms with van der Waals surface area (Å²) in [7, 11) is 0. The lowest BCUT2D eigenvalue weighted by molar-refractivity contribution is -0.139. The van der Waals surface area contributed by atoms with Crippen molar-refractivity contribution in [3.8, 4) is 0 Å². The lowest BCUT2D eigenvalue weighted by atomic mass is 9.84. The summed E-state index contributed by atoms with van der Waals surface area (Å²) >= 11 is 0. The number of aliphatic carboxylic acids is 1. The number of hydrogen-bond acceptors (Lipinski definition) is 3. The van der Waals surface area contributed by atoms with Gasteiger partial charge in [-0.2, -0.15) is 0 Å². The highest BCUT2D eigenvalue weighted by Crippen LogP contribution is 2.49. The summed E-state index contributed by atoms with van der Waals surface area (Å²) in [5.41, 5.74) is 0. The monoisotopic (exact) mass is 268 g/mol. The van der Waals surface area contributed by atoms with Gasteiger partial charge < -0.3 is 10.4 Å². The summed E-state index contributed by atoms with van der Waals surface area (Å²) in [5.74, 6) is 1.22. The normalized spacial score (nSPS) is 32.0. The molecule has 0 aromatic rings. The molecule has 5 unspecified atom stereocenters. The van der Waals surface area contributed by atoms with E-state index >= 15 is 0 Å². The van der Waals surface area contributed by atoms with Gasteiger partial charge in [0.05, 0.1) is 6.54 Å². The topological polar surface area (TPSA) is 78.4 Å². The van der Waals surface area contributed by atoms with Crippen molar-refractivity contribution in [1.29, 1.82) is 0 Å². The molecule has 5 nitrogen and oxygen atoms in total. The Balaban J connectivity index is 1.71. The largest absolute Gasteiger partial charge is 0.480 e. The minimum absolute atomic E-state index is 0.0681. The summed E-state index contributed by atoms with van der Waals surface area (Å²) < 4.78 is 0. The lowest BCUT2D eigenvalue weighted by Gasteiger charge is -2.28. The minimum atomic E-state index is -0.936. The van der Waals surface area contributed by atoms with Gasteiger partial charge in [-0.3, -0.25) is 14.9 Å².